The number of anilines is 2. The van der Waals surface area contributed by atoms with E-state index in [-0.39, 0.29) is 57.4 Å². The van der Waals surface area contributed by atoms with Crippen molar-refractivity contribution in [2.45, 2.75) is 9.72 Å². The van der Waals surface area contributed by atoms with Crippen LogP contribution < -0.4 is 40.0 Å². The largest absolute Gasteiger partial charge is 1.00 e. The van der Waals surface area contributed by atoms with Crippen molar-refractivity contribution in [3.8, 4) is 0 Å². The summed E-state index contributed by atoms with van der Waals surface area (Å²) < 4.78 is 32.8. The third-order valence-corrected chi connectivity index (χ3v) is 6.18. The molecule has 1 heterocycles. The summed E-state index contributed by atoms with van der Waals surface area (Å²) in [6, 6.07) is 3.67. The molecule has 0 fully saturated rings. The SMILES string of the molecule is O=S(=O)(O)c1cc(N=C([O-])C(Br)CBr)ccc1Nc1nc(Cl)nc(Cl)n1.[Na+]. The van der Waals surface area contributed by atoms with Crippen LogP contribution in [-0.2, 0) is 10.1 Å². The summed E-state index contributed by atoms with van der Waals surface area (Å²) in [5.74, 6) is -0.666. The first-order chi connectivity index (χ1) is 12.1. The second kappa shape index (κ2) is 10.6. The molecule has 140 valence electrons. The summed E-state index contributed by atoms with van der Waals surface area (Å²) in [6.07, 6.45) is 0. The van der Waals surface area contributed by atoms with Gasteiger partial charge in [0.2, 0.25) is 16.5 Å². The zero-order chi connectivity index (χ0) is 19.5. The van der Waals surface area contributed by atoms with Crippen molar-refractivity contribution in [2.24, 2.45) is 4.99 Å². The number of halogens is 4. The Balaban J connectivity index is 0.00000364. The van der Waals surface area contributed by atoms with Gasteiger partial charge in [-0.15, -0.1) is 0 Å². The number of nitrogens with one attached hydrogen (secondary N) is 1. The molecule has 15 heteroatoms. The number of hydrogen-bond acceptors (Lipinski definition) is 8. The summed E-state index contributed by atoms with van der Waals surface area (Å²) >= 11 is 17.5. The van der Waals surface area contributed by atoms with Crippen LogP contribution in [-0.4, -0.2) is 44.0 Å². The summed E-state index contributed by atoms with van der Waals surface area (Å²) in [6.45, 7) is 0. The van der Waals surface area contributed by atoms with Crippen LogP contribution in [0, 0.1) is 0 Å². The minimum atomic E-state index is -4.65. The van der Waals surface area contributed by atoms with Gasteiger partial charge in [-0.3, -0.25) is 9.55 Å². The standard InChI is InChI=1S/C12H9Br2Cl2N5O4S.Na/c13-4-6(14)9(22)17-5-1-2-7(8(3-5)26(23,24)25)18-12-20-10(15)19-11(16)21-12;/h1-3,6H,4H2,(H,17,22)(H,23,24,25)(H,18,19,20,21);/q;+1/p-1. The van der Waals surface area contributed by atoms with Gasteiger partial charge in [0.1, 0.15) is 4.90 Å². The second-order valence-electron chi connectivity index (χ2n) is 4.55. The predicted molar refractivity (Wildman–Crippen MR) is 103 cm³/mol. The van der Waals surface area contributed by atoms with Crippen LogP contribution in [0.25, 0.3) is 0 Å². The van der Waals surface area contributed by atoms with E-state index in [4.69, 9.17) is 23.2 Å². The van der Waals surface area contributed by atoms with E-state index in [1.54, 1.807) is 0 Å². The maximum Gasteiger partial charge on any atom is 1.00 e. The van der Waals surface area contributed by atoms with Gasteiger partial charge >= 0.3 is 29.6 Å². The molecule has 1 unspecified atom stereocenters. The maximum absolute atomic E-state index is 11.8. The third-order valence-electron chi connectivity index (χ3n) is 2.71. The van der Waals surface area contributed by atoms with Crippen molar-refractivity contribution in [3.05, 3.63) is 28.8 Å². The molecule has 2 rings (SSSR count). The number of rotatable bonds is 6. The van der Waals surface area contributed by atoms with Gasteiger partial charge < -0.3 is 10.4 Å². The molecule has 1 atom stereocenters. The fourth-order valence-corrected chi connectivity index (χ4v) is 3.07. The quantitative estimate of drug-likeness (QED) is 0.159. The van der Waals surface area contributed by atoms with Crippen molar-refractivity contribution in [1.29, 1.82) is 0 Å². The monoisotopic (exact) mass is 569 g/mol. The number of aliphatic imine (C=N–C) groups is 1. The molecule has 0 bridgehead atoms. The maximum atomic E-state index is 11.8. The van der Waals surface area contributed by atoms with Crippen LogP contribution in [0.1, 0.15) is 0 Å². The Labute approximate surface area is 203 Å². The molecule has 0 aliphatic carbocycles. The Bertz CT molecular complexity index is 947. The normalized spacial score (nSPS) is 13.0. The van der Waals surface area contributed by atoms with Gasteiger partial charge in [0.15, 0.2) is 0 Å². The fourth-order valence-electron chi connectivity index (χ4n) is 1.66. The van der Waals surface area contributed by atoms with Crippen molar-refractivity contribution in [1.82, 2.24) is 15.0 Å². The van der Waals surface area contributed by atoms with Crippen molar-refractivity contribution in [2.75, 3.05) is 10.6 Å². The van der Waals surface area contributed by atoms with Crippen LogP contribution in [0.15, 0.2) is 28.1 Å². The molecule has 0 spiro atoms. The first-order valence-electron chi connectivity index (χ1n) is 6.51. The molecule has 2 N–H and O–H groups in total. The smallest absolute Gasteiger partial charge is 0.861 e. The molecule has 1 aromatic carbocycles. The summed E-state index contributed by atoms with van der Waals surface area (Å²) in [5, 5.41) is 14.3. The Morgan fingerprint density at radius 1 is 1.30 bits per heavy atom. The minimum Gasteiger partial charge on any atom is -0.861 e. The van der Waals surface area contributed by atoms with Gasteiger partial charge in [-0.2, -0.15) is 23.4 Å². The first kappa shape index (κ1) is 25.0. The van der Waals surface area contributed by atoms with Gasteiger partial charge in [0.25, 0.3) is 10.1 Å². The Hall–Kier alpha value is -0.0500. The van der Waals surface area contributed by atoms with Crippen LogP contribution >= 0.6 is 55.1 Å². The van der Waals surface area contributed by atoms with Gasteiger partial charge in [0, 0.05) is 5.33 Å². The molecule has 0 saturated carbocycles. The first-order valence-corrected chi connectivity index (χ1v) is 10.7. The molecule has 1 aromatic heterocycles. The summed E-state index contributed by atoms with van der Waals surface area (Å²) in [7, 11) is -4.65. The predicted octanol–water partition coefficient (Wildman–Crippen LogP) is -0.279. The zero-order valence-electron chi connectivity index (χ0n) is 13.4. The average molecular weight is 572 g/mol. The van der Waals surface area contributed by atoms with E-state index < -0.39 is 25.7 Å². The van der Waals surface area contributed by atoms with E-state index in [9.17, 15) is 18.1 Å². The number of aromatic nitrogens is 3. The molecule has 0 amide bonds. The molecule has 27 heavy (non-hydrogen) atoms. The third kappa shape index (κ3) is 7.37. The number of hydrogen-bond donors (Lipinski definition) is 2. The molecular weight excluding hydrogens is 564 g/mol. The average Bonchev–Trinajstić information content (AvgIpc) is 2.53. The van der Waals surface area contributed by atoms with Crippen LogP contribution in [0.5, 0.6) is 0 Å². The number of benzene rings is 1. The van der Waals surface area contributed by atoms with E-state index >= 15 is 0 Å². The van der Waals surface area contributed by atoms with E-state index in [1.165, 1.54) is 12.1 Å². The van der Waals surface area contributed by atoms with E-state index in [0.29, 0.717) is 5.33 Å². The molecule has 2 aromatic rings. The van der Waals surface area contributed by atoms with Crippen molar-refractivity contribution < 1.29 is 47.6 Å². The fraction of sp³-hybridized carbons (Fsp3) is 0.167. The molecule has 0 radical (unpaired) electrons. The van der Waals surface area contributed by atoms with Gasteiger partial charge in [-0.25, -0.2) is 0 Å². The molecule has 9 nitrogen and oxygen atoms in total. The van der Waals surface area contributed by atoms with Crippen molar-refractivity contribution >= 4 is 88.4 Å². The molecular formula is C12H8Br2Cl2N5NaO4S. The van der Waals surface area contributed by atoms with Crippen LogP contribution in [0.2, 0.25) is 10.6 Å². The molecule has 0 saturated heterocycles. The zero-order valence-corrected chi connectivity index (χ0v) is 20.9. The van der Waals surface area contributed by atoms with Gasteiger partial charge in [-0.05, 0) is 47.3 Å². The molecule has 0 aliphatic heterocycles. The topological polar surface area (TPSA) is 140 Å². The summed E-state index contributed by atoms with van der Waals surface area (Å²) in [5.41, 5.74) is -0.0431. The second-order valence-corrected chi connectivity index (χ2v) is 8.37. The summed E-state index contributed by atoms with van der Waals surface area (Å²) in [4.78, 5) is 13.7. The van der Waals surface area contributed by atoms with Gasteiger partial charge in [-0.1, -0.05) is 31.9 Å². The minimum absolute atomic E-state index is 0. The van der Waals surface area contributed by atoms with E-state index in [0.717, 1.165) is 6.07 Å². The van der Waals surface area contributed by atoms with E-state index in [1.807, 2.05) is 0 Å². The van der Waals surface area contributed by atoms with E-state index in [2.05, 4.69) is 57.1 Å². The van der Waals surface area contributed by atoms with Crippen molar-refractivity contribution in [3.63, 3.8) is 0 Å². The Morgan fingerprint density at radius 2 is 1.89 bits per heavy atom. The number of nitrogens with zero attached hydrogens (tertiary/aromatic N) is 4. The van der Waals surface area contributed by atoms with Gasteiger partial charge in [0.05, 0.1) is 16.2 Å². The molecule has 0 aliphatic rings. The number of alkyl halides is 2. The Morgan fingerprint density at radius 3 is 2.41 bits per heavy atom. The van der Waals surface area contributed by atoms with Crippen LogP contribution in [0.4, 0.5) is 17.3 Å². The Kier molecular flexibility index (Phi) is 9.85. The van der Waals surface area contributed by atoms with Crippen LogP contribution in [0.3, 0.4) is 0 Å².